The van der Waals surface area contributed by atoms with Crippen LogP contribution in [0.25, 0.3) is 0 Å². The second kappa shape index (κ2) is 11.2. The zero-order valence-electron chi connectivity index (χ0n) is 14.8. The van der Waals surface area contributed by atoms with Gasteiger partial charge in [0.2, 0.25) is 15.9 Å². The van der Waals surface area contributed by atoms with Crippen LogP contribution in [0.1, 0.15) is 25.7 Å². The van der Waals surface area contributed by atoms with Crippen LogP contribution in [0.3, 0.4) is 0 Å². The summed E-state index contributed by atoms with van der Waals surface area (Å²) in [7, 11) is -3.80. The van der Waals surface area contributed by atoms with Gasteiger partial charge in [-0.25, -0.2) is 13.1 Å². The minimum absolute atomic E-state index is 0. The van der Waals surface area contributed by atoms with Crippen molar-refractivity contribution in [1.82, 2.24) is 15.4 Å². The lowest BCUT2D eigenvalue weighted by molar-refractivity contribution is -0.384. The van der Waals surface area contributed by atoms with E-state index in [2.05, 4.69) is 15.4 Å². The topological polar surface area (TPSA) is 130 Å². The van der Waals surface area contributed by atoms with Gasteiger partial charge in [-0.1, -0.05) is 0 Å². The number of amides is 1. The van der Waals surface area contributed by atoms with E-state index < -0.39 is 14.9 Å². The highest BCUT2D eigenvalue weighted by Crippen LogP contribution is 2.15. The van der Waals surface area contributed by atoms with E-state index in [0.29, 0.717) is 12.5 Å². The van der Waals surface area contributed by atoms with Crippen molar-refractivity contribution in [3.63, 3.8) is 0 Å². The van der Waals surface area contributed by atoms with Crippen LogP contribution in [0.15, 0.2) is 29.2 Å². The normalized spacial score (nSPS) is 17.0. The number of nitrogens with zero attached hydrogens (tertiary/aromatic N) is 1. The summed E-state index contributed by atoms with van der Waals surface area (Å²) in [6.07, 6.45) is 3.27. The lowest BCUT2D eigenvalue weighted by atomic mass is 9.96. The molecule has 3 N–H and O–H groups in total. The first kappa shape index (κ1) is 23.3. The molecule has 0 spiro atoms. The number of nitro groups is 1. The Morgan fingerprint density at radius 3 is 2.56 bits per heavy atom. The van der Waals surface area contributed by atoms with Crippen LogP contribution < -0.4 is 15.4 Å². The monoisotopic (exact) mass is 420 g/mol. The number of hydrogen-bond acceptors (Lipinski definition) is 6. The van der Waals surface area contributed by atoms with Crippen LogP contribution in [-0.4, -0.2) is 45.4 Å². The van der Waals surface area contributed by atoms with Gasteiger partial charge in [-0.2, -0.15) is 0 Å². The fraction of sp³-hybridized carbons (Fsp3) is 0.562. The molecule has 1 saturated heterocycles. The van der Waals surface area contributed by atoms with Crippen molar-refractivity contribution in [3.05, 3.63) is 34.4 Å². The zero-order chi connectivity index (χ0) is 19.0. The van der Waals surface area contributed by atoms with E-state index in [1.807, 2.05) is 0 Å². The average molecular weight is 421 g/mol. The molecule has 1 unspecified atom stereocenters. The molecule has 1 fully saturated rings. The first-order valence-corrected chi connectivity index (χ1v) is 10.1. The third-order valence-electron chi connectivity index (χ3n) is 4.28. The number of piperidine rings is 1. The first-order chi connectivity index (χ1) is 12.4. The molecule has 1 atom stereocenters. The average Bonchev–Trinajstić information content (AvgIpc) is 2.62. The maximum absolute atomic E-state index is 12.1. The third-order valence-corrected chi connectivity index (χ3v) is 5.75. The molecule has 0 aliphatic carbocycles. The highest BCUT2D eigenvalue weighted by Gasteiger charge is 2.16. The van der Waals surface area contributed by atoms with Crippen molar-refractivity contribution < 1.29 is 18.1 Å². The summed E-state index contributed by atoms with van der Waals surface area (Å²) in [5, 5.41) is 16.7. The van der Waals surface area contributed by atoms with Gasteiger partial charge in [0.05, 0.1) is 9.82 Å². The number of carbonyl (C=O) groups is 1. The quantitative estimate of drug-likeness (QED) is 0.406. The van der Waals surface area contributed by atoms with Crippen molar-refractivity contribution in [3.8, 4) is 0 Å². The highest BCUT2D eigenvalue weighted by atomic mass is 35.5. The van der Waals surface area contributed by atoms with Crippen molar-refractivity contribution in [2.24, 2.45) is 5.92 Å². The third kappa shape index (κ3) is 7.79. The lowest BCUT2D eigenvalue weighted by Crippen LogP contribution is -2.34. The van der Waals surface area contributed by atoms with E-state index >= 15 is 0 Å². The van der Waals surface area contributed by atoms with E-state index in [-0.39, 0.29) is 41.9 Å². The van der Waals surface area contributed by atoms with E-state index in [4.69, 9.17) is 0 Å². The van der Waals surface area contributed by atoms with Gasteiger partial charge in [-0.05, 0) is 50.4 Å². The Balaban J connectivity index is 0.00000364. The molecular formula is C16H25ClN4O5S. The number of non-ortho nitro benzene ring substituents is 1. The Labute approximate surface area is 164 Å². The molecule has 9 nitrogen and oxygen atoms in total. The second-order valence-electron chi connectivity index (χ2n) is 6.25. The van der Waals surface area contributed by atoms with E-state index in [0.717, 1.165) is 44.5 Å². The van der Waals surface area contributed by atoms with E-state index in [1.165, 1.54) is 12.1 Å². The largest absolute Gasteiger partial charge is 0.356 e. The van der Waals surface area contributed by atoms with Crippen molar-refractivity contribution >= 4 is 34.0 Å². The van der Waals surface area contributed by atoms with Gasteiger partial charge in [0.15, 0.2) is 0 Å². The number of sulfonamides is 1. The number of halogens is 1. The molecule has 1 aliphatic heterocycles. The SMILES string of the molecule is Cl.O=C(CCNS(=O)(=O)c1ccc([N+](=O)[O-])cc1)NCCC1CCCNC1. The molecule has 1 heterocycles. The van der Waals surface area contributed by atoms with Crippen LogP contribution in [0.2, 0.25) is 0 Å². The Kier molecular flexibility index (Phi) is 9.64. The predicted octanol–water partition coefficient (Wildman–Crippen LogP) is 1.19. The number of nitrogens with one attached hydrogen (secondary N) is 3. The Morgan fingerprint density at radius 2 is 1.96 bits per heavy atom. The Bertz CT molecular complexity index is 721. The Hall–Kier alpha value is -1.75. The van der Waals surface area contributed by atoms with Crippen LogP contribution in [0.5, 0.6) is 0 Å². The van der Waals surface area contributed by atoms with Crippen LogP contribution in [-0.2, 0) is 14.8 Å². The van der Waals surface area contributed by atoms with Crippen molar-refractivity contribution in [2.45, 2.75) is 30.6 Å². The fourth-order valence-electron chi connectivity index (χ4n) is 2.80. The smallest absolute Gasteiger partial charge is 0.269 e. The molecule has 1 aliphatic rings. The van der Waals surface area contributed by atoms with Gasteiger partial charge < -0.3 is 10.6 Å². The van der Waals surface area contributed by atoms with Crippen molar-refractivity contribution in [1.29, 1.82) is 0 Å². The molecule has 0 saturated carbocycles. The Morgan fingerprint density at radius 1 is 1.26 bits per heavy atom. The number of rotatable bonds is 9. The summed E-state index contributed by atoms with van der Waals surface area (Å²) in [6, 6.07) is 4.58. The molecule has 152 valence electrons. The maximum atomic E-state index is 12.1. The molecule has 11 heteroatoms. The van der Waals surface area contributed by atoms with Crippen LogP contribution >= 0.6 is 12.4 Å². The minimum atomic E-state index is -3.80. The predicted molar refractivity (Wildman–Crippen MR) is 103 cm³/mol. The van der Waals surface area contributed by atoms with Gasteiger partial charge in [0.25, 0.3) is 5.69 Å². The summed E-state index contributed by atoms with van der Waals surface area (Å²) in [6.45, 7) is 2.58. The molecule has 27 heavy (non-hydrogen) atoms. The van der Waals surface area contributed by atoms with E-state index in [1.54, 1.807) is 0 Å². The first-order valence-electron chi connectivity index (χ1n) is 8.60. The van der Waals surface area contributed by atoms with Crippen LogP contribution in [0.4, 0.5) is 5.69 Å². The summed E-state index contributed by atoms with van der Waals surface area (Å²) in [5.74, 6) is 0.366. The maximum Gasteiger partial charge on any atom is 0.269 e. The van der Waals surface area contributed by atoms with Gasteiger partial charge in [0.1, 0.15) is 0 Å². The van der Waals surface area contributed by atoms with Gasteiger partial charge >= 0.3 is 0 Å². The molecular weight excluding hydrogens is 396 g/mol. The van der Waals surface area contributed by atoms with Crippen LogP contribution in [0, 0.1) is 16.0 Å². The fourth-order valence-corrected chi connectivity index (χ4v) is 3.84. The van der Waals surface area contributed by atoms with Crippen molar-refractivity contribution in [2.75, 3.05) is 26.2 Å². The van der Waals surface area contributed by atoms with E-state index in [9.17, 15) is 23.3 Å². The highest BCUT2D eigenvalue weighted by molar-refractivity contribution is 7.89. The molecule has 2 rings (SSSR count). The van der Waals surface area contributed by atoms with Gasteiger partial charge in [-0.3, -0.25) is 14.9 Å². The minimum Gasteiger partial charge on any atom is -0.356 e. The molecule has 0 radical (unpaired) electrons. The summed E-state index contributed by atoms with van der Waals surface area (Å²) in [5.41, 5.74) is -0.184. The number of nitro benzene ring substituents is 1. The van der Waals surface area contributed by atoms with Gasteiger partial charge in [0, 0.05) is 31.6 Å². The summed E-state index contributed by atoms with van der Waals surface area (Å²) in [4.78, 5) is 21.7. The number of hydrogen-bond donors (Lipinski definition) is 3. The second-order valence-corrected chi connectivity index (χ2v) is 8.02. The molecule has 0 aromatic heterocycles. The standard InChI is InChI=1S/C16H24N4O5S.ClH/c21-16(18-10-7-13-2-1-9-17-12-13)8-11-19-26(24,25)15-5-3-14(4-6-15)20(22)23;/h3-6,13,17,19H,1-2,7-12H2,(H,18,21);1H. The molecule has 1 aromatic carbocycles. The summed E-state index contributed by atoms with van der Waals surface area (Å²) >= 11 is 0. The number of carbonyl (C=O) groups excluding carboxylic acids is 1. The number of benzene rings is 1. The molecule has 1 amide bonds. The van der Waals surface area contributed by atoms with Gasteiger partial charge in [-0.15, -0.1) is 12.4 Å². The molecule has 0 bridgehead atoms. The lowest BCUT2D eigenvalue weighted by Gasteiger charge is -2.22. The molecule has 1 aromatic rings. The zero-order valence-corrected chi connectivity index (χ0v) is 16.5. The summed E-state index contributed by atoms with van der Waals surface area (Å²) < 4.78 is 26.5.